The molecule has 0 bridgehead atoms. The van der Waals surface area contributed by atoms with E-state index >= 15 is 0 Å². The Balaban J connectivity index is 2.67. The van der Waals surface area contributed by atoms with Gasteiger partial charge >= 0.3 is 0 Å². The third kappa shape index (κ3) is 5.16. The number of rotatable bonds is 6. The van der Waals surface area contributed by atoms with Gasteiger partial charge < -0.3 is 10.1 Å². The number of benzene rings is 1. The Morgan fingerprint density at radius 1 is 1.29 bits per heavy atom. The Bertz CT molecular complexity index is 570. The van der Waals surface area contributed by atoms with Gasteiger partial charge in [-0.3, -0.25) is 4.79 Å². The molecule has 1 aromatic rings. The van der Waals surface area contributed by atoms with Crippen LogP contribution in [-0.2, 0) is 4.79 Å². The monoisotopic (exact) mass is 285 g/mol. The van der Waals surface area contributed by atoms with Crippen molar-refractivity contribution in [1.82, 2.24) is 5.32 Å². The molecule has 2 atom stereocenters. The highest BCUT2D eigenvalue weighted by atomic mass is 16.5. The van der Waals surface area contributed by atoms with Gasteiger partial charge in [-0.2, -0.15) is 10.5 Å². The van der Waals surface area contributed by atoms with Crippen molar-refractivity contribution in [3.63, 3.8) is 0 Å². The van der Waals surface area contributed by atoms with Crippen LogP contribution in [0.25, 0.3) is 0 Å². The summed E-state index contributed by atoms with van der Waals surface area (Å²) in [6, 6.07) is 10.3. The van der Waals surface area contributed by atoms with Crippen LogP contribution in [-0.4, -0.2) is 18.1 Å². The molecule has 5 heteroatoms. The zero-order valence-electron chi connectivity index (χ0n) is 12.5. The van der Waals surface area contributed by atoms with Gasteiger partial charge in [-0.25, -0.2) is 0 Å². The molecule has 0 spiro atoms. The summed E-state index contributed by atoms with van der Waals surface area (Å²) in [5.74, 6) is 0.306. The molecule has 110 valence electrons. The lowest BCUT2D eigenvalue weighted by Gasteiger charge is -2.18. The van der Waals surface area contributed by atoms with E-state index in [1.807, 2.05) is 19.9 Å². The highest BCUT2D eigenvalue weighted by Crippen LogP contribution is 2.18. The predicted molar refractivity (Wildman–Crippen MR) is 78.2 cm³/mol. The number of carbonyl (C=O) groups is 1. The first-order valence-electron chi connectivity index (χ1n) is 6.83. The van der Waals surface area contributed by atoms with E-state index in [4.69, 9.17) is 15.3 Å². The van der Waals surface area contributed by atoms with E-state index < -0.39 is 12.1 Å². The molecule has 0 saturated heterocycles. The smallest absolute Gasteiger partial charge is 0.261 e. The molecular formula is C16H19N3O2. The van der Waals surface area contributed by atoms with Crippen LogP contribution in [0.2, 0.25) is 0 Å². The van der Waals surface area contributed by atoms with Gasteiger partial charge in [0.2, 0.25) is 0 Å². The van der Waals surface area contributed by atoms with Gasteiger partial charge in [0.25, 0.3) is 5.91 Å². The maximum atomic E-state index is 12.0. The van der Waals surface area contributed by atoms with E-state index in [2.05, 4.69) is 11.4 Å². The second kappa shape index (κ2) is 7.91. The second-order valence-electron chi connectivity index (χ2n) is 5.19. The molecule has 0 heterocycles. The van der Waals surface area contributed by atoms with Crippen molar-refractivity contribution in [2.75, 3.05) is 0 Å². The summed E-state index contributed by atoms with van der Waals surface area (Å²) in [6.45, 7) is 5.56. The molecule has 0 aliphatic rings. The summed E-state index contributed by atoms with van der Waals surface area (Å²) in [5, 5.41) is 20.7. The maximum absolute atomic E-state index is 12.0. The summed E-state index contributed by atoms with van der Waals surface area (Å²) in [4.78, 5) is 12.0. The van der Waals surface area contributed by atoms with Crippen LogP contribution < -0.4 is 10.1 Å². The minimum absolute atomic E-state index is 0.311. The largest absolute Gasteiger partial charge is 0.480 e. The average molecular weight is 285 g/mol. The molecule has 0 radical (unpaired) electrons. The molecule has 5 nitrogen and oxygen atoms in total. The Kier molecular flexibility index (Phi) is 6.23. The van der Waals surface area contributed by atoms with Crippen LogP contribution in [0.5, 0.6) is 5.75 Å². The van der Waals surface area contributed by atoms with Crippen LogP contribution in [0.3, 0.4) is 0 Å². The number of nitrogens with one attached hydrogen (secondary N) is 1. The van der Waals surface area contributed by atoms with Crippen molar-refractivity contribution in [2.45, 2.75) is 39.3 Å². The quantitative estimate of drug-likeness (QED) is 0.869. The molecule has 1 aromatic carbocycles. The number of hydrogen-bond donors (Lipinski definition) is 1. The van der Waals surface area contributed by atoms with Crippen molar-refractivity contribution in [2.24, 2.45) is 5.92 Å². The van der Waals surface area contributed by atoms with Crippen LogP contribution in [0.4, 0.5) is 0 Å². The third-order valence-corrected chi connectivity index (χ3v) is 2.86. The fourth-order valence-corrected chi connectivity index (χ4v) is 1.81. The lowest BCUT2D eigenvalue weighted by Crippen LogP contribution is -2.42. The van der Waals surface area contributed by atoms with Crippen LogP contribution in [0, 0.1) is 28.6 Å². The van der Waals surface area contributed by atoms with Crippen molar-refractivity contribution in [3.05, 3.63) is 29.8 Å². The number of nitrogens with zero attached hydrogens (tertiary/aromatic N) is 2. The first-order valence-corrected chi connectivity index (χ1v) is 6.83. The number of hydrogen-bond acceptors (Lipinski definition) is 4. The predicted octanol–water partition coefficient (Wildman–Crippen LogP) is 2.38. The summed E-state index contributed by atoms with van der Waals surface area (Å²) >= 11 is 0. The molecule has 0 saturated carbocycles. The average Bonchev–Trinajstić information content (AvgIpc) is 2.46. The van der Waals surface area contributed by atoms with E-state index in [9.17, 15) is 4.79 Å². The Morgan fingerprint density at radius 3 is 2.52 bits per heavy atom. The van der Waals surface area contributed by atoms with Gasteiger partial charge in [-0.05, 0) is 31.4 Å². The van der Waals surface area contributed by atoms with Gasteiger partial charge in [0.15, 0.2) is 6.10 Å². The molecule has 1 rings (SSSR count). The van der Waals surface area contributed by atoms with E-state index in [-0.39, 0.29) is 5.91 Å². The molecule has 0 aromatic heterocycles. The molecule has 0 aliphatic carbocycles. The zero-order valence-corrected chi connectivity index (χ0v) is 12.5. The van der Waals surface area contributed by atoms with Gasteiger partial charge in [0.05, 0.1) is 11.6 Å². The van der Waals surface area contributed by atoms with E-state index in [1.165, 1.54) is 0 Å². The van der Waals surface area contributed by atoms with E-state index in [1.54, 1.807) is 31.2 Å². The first-order chi connectivity index (χ1) is 9.97. The summed E-state index contributed by atoms with van der Waals surface area (Å²) in [7, 11) is 0. The van der Waals surface area contributed by atoms with Gasteiger partial charge in [0.1, 0.15) is 17.9 Å². The number of carbonyl (C=O) groups excluding carboxylic acids is 1. The molecule has 0 aliphatic heterocycles. The lowest BCUT2D eigenvalue weighted by atomic mass is 10.0. The number of ether oxygens (including phenoxy) is 1. The Morgan fingerprint density at radius 2 is 1.95 bits per heavy atom. The minimum atomic E-state index is -0.775. The lowest BCUT2D eigenvalue weighted by molar-refractivity contribution is -0.127. The second-order valence-corrected chi connectivity index (χ2v) is 5.19. The Labute approximate surface area is 125 Å². The van der Waals surface area contributed by atoms with Crippen LogP contribution >= 0.6 is 0 Å². The molecule has 1 N–H and O–H groups in total. The van der Waals surface area contributed by atoms with E-state index in [0.717, 1.165) is 0 Å². The normalized spacial score (nSPS) is 12.9. The van der Waals surface area contributed by atoms with Crippen LogP contribution in [0.1, 0.15) is 32.8 Å². The van der Waals surface area contributed by atoms with Crippen molar-refractivity contribution in [1.29, 1.82) is 10.5 Å². The van der Waals surface area contributed by atoms with Crippen molar-refractivity contribution < 1.29 is 9.53 Å². The van der Waals surface area contributed by atoms with Crippen molar-refractivity contribution in [3.8, 4) is 17.9 Å². The summed E-state index contributed by atoms with van der Waals surface area (Å²) < 4.78 is 5.50. The Hall–Kier alpha value is -2.53. The van der Waals surface area contributed by atoms with Crippen LogP contribution in [0.15, 0.2) is 24.3 Å². The summed E-state index contributed by atoms with van der Waals surface area (Å²) in [5.41, 5.74) is 0.371. The van der Waals surface area contributed by atoms with Gasteiger partial charge in [-0.1, -0.05) is 26.0 Å². The number of para-hydroxylation sites is 1. The molecule has 0 fully saturated rings. The van der Waals surface area contributed by atoms with Gasteiger partial charge in [0, 0.05) is 0 Å². The number of amides is 1. The maximum Gasteiger partial charge on any atom is 0.261 e. The highest BCUT2D eigenvalue weighted by Gasteiger charge is 2.20. The minimum Gasteiger partial charge on any atom is -0.480 e. The van der Waals surface area contributed by atoms with E-state index in [0.29, 0.717) is 23.7 Å². The topological polar surface area (TPSA) is 85.9 Å². The SMILES string of the molecule is CC(C)C[C@@H](C#N)NC(=O)[C@H](C)Oc1ccccc1C#N. The zero-order chi connectivity index (χ0) is 15.8. The number of nitriles is 2. The highest BCUT2D eigenvalue weighted by molar-refractivity contribution is 5.81. The van der Waals surface area contributed by atoms with Crippen molar-refractivity contribution >= 4 is 5.91 Å². The molecule has 0 unspecified atom stereocenters. The first kappa shape index (κ1) is 16.5. The third-order valence-electron chi connectivity index (χ3n) is 2.86. The molecule has 21 heavy (non-hydrogen) atoms. The molecule has 1 amide bonds. The standard InChI is InChI=1S/C16H19N3O2/c1-11(2)8-14(10-18)19-16(20)12(3)21-15-7-5-4-6-13(15)9-17/h4-7,11-12,14H,8H2,1-3H3,(H,19,20)/t12-,14-/m0/s1. The molecular weight excluding hydrogens is 266 g/mol. The van der Waals surface area contributed by atoms with Gasteiger partial charge in [-0.15, -0.1) is 0 Å². The summed E-state index contributed by atoms with van der Waals surface area (Å²) in [6.07, 6.45) is -0.188. The fraction of sp³-hybridized carbons (Fsp3) is 0.438. The fourth-order valence-electron chi connectivity index (χ4n) is 1.81.